The first-order chi connectivity index (χ1) is 33.4. The minimum atomic E-state index is -0.979. The maximum absolute atomic E-state index is 10.4. The molecule has 310 valence electrons. The lowest BCUT2D eigenvalue weighted by Crippen LogP contribution is -2.29. The summed E-state index contributed by atoms with van der Waals surface area (Å²) in [6, 6.07) is 66.5. The number of fused-ring (bicyclic) bond motifs is 4. The summed E-state index contributed by atoms with van der Waals surface area (Å²) in [5, 5.41) is 2.14. The molecule has 1 aliphatic rings. The fraction of sp³-hybridized carbons (Fsp3) is 0.0159. The van der Waals surface area contributed by atoms with Gasteiger partial charge in [0.25, 0.3) is 0 Å². The minimum absolute atomic E-state index is 0.0349. The molecule has 65 heavy (non-hydrogen) atoms. The molecule has 0 saturated heterocycles. The average Bonchev–Trinajstić information content (AvgIpc) is 3.94. The van der Waals surface area contributed by atoms with Crippen LogP contribution in [0.4, 0.5) is 11.4 Å². The summed E-state index contributed by atoms with van der Waals surface area (Å²) < 4.78 is 34.7. The Bertz CT molecular complexity index is 3460. The van der Waals surface area contributed by atoms with Crippen molar-refractivity contribution in [3.8, 4) is 22.3 Å². The van der Waals surface area contributed by atoms with Crippen LogP contribution in [0.5, 0.6) is 0 Å². The first-order valence-corrected chi connectivity index (χ1v) is 21.8. The Kier molecular flexibility index (Phi) is 10.1. The zero-order valence-electron chi connectivity index (χ0n) is 38.9. The molecule has 0 radical (unpaired) electrons. The summed E-state index contributed by atoms with van der Waals surface area (Å²) in [6.45, 7) is 8.82. The van der Waals surface area contributed by atoms with E-state index in [1.54, 1.807) is 12.2 Å². The molecule has 10 rings (SSSR count). The van der Waals surface area contributed by atoms with Gasteiger partial charge in [-0.3, -0.25) is 0 Å². The summed E-state index contributed by atoms with van der Waals surface area (Å²) >= 11 is 0. The topological polar surface area (TPSA) is 16.4 Å². The lowest BCUT2D eigenvalue weighted by Gasteiger charge is -2.35. The van der Waals surface area contributed by atoms with E-state index in [9.17, 15) is 2.74 Å². The summed E-state index contributed by atoms with van der Waals surface area (Å²) in [7, 11) is 0. The van der Waals surface area contributed by atoms with E-state index < -0.39 is 5.41 Å². The summed E-state index contributed by atoms with van der Waals surface area (Å²) in [4.78, 5) is 2.06. The quantitative estimate of drug-likeness (QED) is 0.108. The van der Waals surface area contributed by atoms with Crippen LogP contribution in [0.2, 0.25) is 0 Å². The Morgan fingerprint density at radius 2 is 1.12 bits per heavy atom. The molecule has 0 N–H and O–H groups in total. The smallest absolute Gasteiger partial charge is 0.143 e. The van der Waals surface area contributed by atoms with E-state index in [2.05, 4.69) is 145 Å². The van der Waals surface area contributed by atoms with E-state index >= 15 is 0 Å². The molecule has 0 atom stereocenters. The highest BCUT2D eigenvalue weighted by atomic mass is 16.3. The van der Waals surface area contributed by atoms with E-state index in [1.165, 1.54) is 0 Å². The Morgan fingerprint density at radius 3 is 1.82 bits per heavy atom. The second-order valence-corrected chi connectivity index (χ2v) is 16.0. The van der Waals surface area contributed by atoms with Crippen molar-refractivity contribution >= 4 is 51.0 Å². The van der Waals surface area contributed by atoms with Gasteiger partial charge < -0.3 is 9.32 Å². The first kappa shape index (κ1) is 37.1. The monoisotopic (exact) mass is 836 g/mol. The van der Waals surface area contributed by atoms with E-state index in [0.29, 0.717) is 11.1 Å². The molecule has 8 aromatic carbocycles. The van der Waals surface area contributed by atoms with Crippen molar-refractivity contribution in [1.82, 2.24) is 0 Å². The highest BCUT2D eigenvalue weighted by Crippen LogP contribution is 2.55. The van der Waals surface area contributed by atoms with Gasteiger partial charge in [0.15, 0.2) is 0 Å². The Hall–Kier alpha value is -8.46. The summed E-state index contributed by atoms with van der Waals surface area (Å²) in [6.07, 6.45) is 13.4. The average molecular weight is 837 g/mol. The summed E-state index contributed by atoms with van der Waals surface area (Å²) in [5.74, 6) is 0. The third-order valence-corrected chi connectivity index (χ3v) is 12.4. The first-order valence-electron chi connectivity index (χ1n) is 23.3. The number of furan rings is 1. The van der Waals surface area contributed by atoms with Gasteiger partial charge in [-0.15, -0.1) is 0 Å². The second-order valence-electron chi connectivity index (χ2n) is 16.0. The molecular weight excluding hydrogens is 787 g/mol. The fourth-order valence-electron chi connectivity index (χ4n) is 9.37. The van der Waals surface area contributed by atoms with Gasteiger partial charge in [-0.1, -0.05) is 220 Å². The number of benzene rings is 8. The Balaban J connectivity index is 1.16. The SMILES string of the molecule is [2H]C=C([2H])C1=C(/C([2H])=C/N(c2ccc(-c3ccc(/C=C\C=C)c(/C=C\C=C)c3)cc2)c2ccc(-c3cccc4c3oc3ccccc34)cc2)C(c2ccccc2)(c2ccccc2)c2ccccc21. The maximum atomic E-state index is 10.4. The molecule has 9 aromatic rings. The third kappa shape index (κ3) is 7.31. The van der Waals surface area contributed by atoms with Crippen LogP contribution >= 0.6 is 0 Å². The van der Waals surface area contributed by atoms with Crippen molar-refractivity contribution in [3.05, 3.63) is 295 Å². The van der Waals surface area contributed by atoms with Gasteiger partial charge in [0.1, 0.15) is 11.2 Å². The molecule has 1 heterocycles. The van der Waals surface area contributed by atoms with Crippen molar-refractivity contribution in [2.24, 2.45) is 0 Å². The molecule has 0 fully saturated rings. The fourth-order valence-corrected chi connectivity index (χ4v) is 9.37. The van der Waals surface area contributed by atoms with E-state index in [0.717, 1.165) is 95.5 Å². The molecule has 2 heteroatoms. The molecular formula is C63H47NO. The number of para-hydroxylation sites is 2. The molecule has 2 nitrogen and oxygen atoms in total. The highest BCUT2D eigenvalue weighted by Gasteiger charge is 2.46. The van der Waals surface area contributed by atoms with Gasteiger partial charge in [0.05, 0.1) is 9.53 Å². The molecule has 0 unspecified atom stereocenters. The number of nitrogens with zero attached hydrogens (tertiary/aromatic N) is 1. The largest absolute Gasteiger partial charge is 0.455 e. The van der Waals surface area contributed by atoms with Crippen LogP contribution in [0, 0.1) is 0 Å². The van der Waals surface area contributed by atoms with Crippen molar-refractivity contribution in [2.75, 3.05) is 4.90 Å². The molecule has 0 saturated carbocycles. The van der Waals surface area contributed by atoms with Crippen LogP contribution in [0.15, 0.2) is 266 Å². The van der Waals surface area contributed by atoms with Crippen LogP contribution in [-0.4, -0.2) is 0 Å². The molecule has 0 bridgehead atoms. The second kappa shape index (κ2) is 17.7. The molecule has 1 aliphatic carbocycles. The van der Waals surface area contributed by atoms with Crippen LogP contribution in [0.25, 0.3) is 61.9 Å². The number of anilines is 2. The van der Waals surface area contributed by atoms with Crippen LogP contribution in [-0.2, 0) is 5.41 Å². The molecule has 0 spiro atoms. The number of allylic oxidation sites excluding steroid dienone is 8. The van der Waals surface area contributed by atoms with Crippen LogP contribution in [0.1, 0.15) is 37.5 Å². The predicted octanol–water partition coefficient (Wildman–Crippen LogP) is 17.0. The standard InChI is InChI=1S/C63H47NO/c1-4-7-20-45-32-33-49(44-48(45)21-8-5-2)46-34-38-52(39-35-46)64(53-40-36-47(37-41-53)55-28-19-29-58-57-27-16-18-31-61(57)65-62(55)58)43-42-60-54(6-3)56-26-15-17-30-59(56)63(60,50-22-11-9-12-23-50)51-24-13-10-14-25-51/h4-44H,1-3H2/b20-7-,21-8-,43-42+/i3D,6D,42D/b6-3?,20-7-,21-8-,43-42+. The van der Waals surface area contributed by atoms with Crippen LogP contribution < -0.4 is 4.90 Å². The van der Waals surface area contributed by atoms with Crippen molar-refractivity contribution in [2.45, 2.75) is 5.41 Å². The third-order valence-electron chi connectivity index (χ3n) is 12.4. The lowest BCUT2D eigenvalue weighted by molar-refractivity contribution is 0.670. The molecule has 0 amide bonds. The summed E-state index contributed by atoms with van der Waals surface area (Å²) in [5.41, 5.74) is 13.5. The predicted molar refractivity (Wildman–Crippen MR) is 277 cm³/mol. The van der Waals surface area contributed by atoms with Crippen molar-refractivity contribution in [1.29, 1.82) is 0 Å². The Labute approximate surface area is 386 Å². The normalized spacial score (nSPS) is 14.4. The van der Waals surface area contributed by atoms with Gasteiger partial charge in [-0.2, -0.15) is 0 Å². The van der Waals surface area contributed by atoms with Gasteiger partial charge in [0, 0.05) is 33.9 Å². The van der Waals surface area contributed by atoms with Gasteiger partial charge in [-0.05, 0) is 104 Å². The van der Waals surface area contributed by atoms with Gasteiger partial charge >= 0.3 is 0 Å². The zero-order chi connectivity index (χ0) is 46.6. The maximum Gasteiger partial charge on any atom is 0.143 e. The minimum Gasteiger partial charge on any atom is -0.455 e. The number of rotatable bonds is 13. The highest BCUT2D eigenvalue weighted by molar-refractivity contribution is 6.09. The Morgan fingerprint density at radius 1 is 0.538 bits per heavy atom. The lowest BCUT2D eigenvalue weighted by atomic mass is 9.67. The number of hydrogen-bond acceptors (Lipinski definition) is 2. The molecule has 0 aliphatic heterocycles. The van der Waals surface area contributed by atoms with E-state index in [4.69, 9.17) is 5.79 Å². The zero-order valence-corrected chi connectivity index (χ0v) is 35.9. The number of hydrogen-bond donors (Lipinski definition) is 0. The van der Waals surface area contributed by atoms with Crippen LogP contribution in [0.3, 0.4) is 0 Å². The van der Waals surface area contributed by atoms with E-state index in [-0.39, 0.29) is 12.1 Å². The van der Waals surface area contributed by atoms with Gasteiger partial charge in [-0.25, -0.2) is 0 Å². The van der Waals surface area contributed by atoms with Crippen molar-refractivity contribution < 1.29 is 8.53 Å². The van der Waals surface area contributed by atoms with Crippen molar-refractivity contribution in [3.63, 3.8) is 0 Å². The van der Waals surface area contributed by atoms with Gasteiger partial charge in [0.2, 0.25) is 0 Å². The van der Waals surface area contributed by atoms with E-state index in [1.807, 2.05) is 97.2 Å². The molecule has 1 aromatic heterocycles.